The number of hydrogen-bond acceptors (Lipinski definition) is 6. The van der Waals surface area contributed by atoms with Gasteiger partial charge < -0.3 is 14.5 Å². The number of hydrogen-bond donors (Lipinski definition) is 0. The number of amides is 1. The first-order chi connectivity index (χ1) is 18.2. The molecule has 1 aromatic carbocycles. The molecule has 1 aliphatic carbocycles. The van der Waals surface area contributed by atoms with E-state index in [9.17, 15) is 22.4 Å². The number of benzene rings is 1. The lowest BCUT2D eigenvalue weighted by atomic mass is 9.93. The zero-order valence-electron chi connectivity index (χ0n) is 20.6. The summed E-state index contributed by atoms with van der Waals surface area (Å²) in [6.07, 6.45) is -0.634. The highest BCUT2D eigenvalue weighted by Crippen LogP contribution is 2.52. The Hall–Kier alpha value is -3.76. The van der Waals surface area contributed by atoms with Crippen molar-refractivity contribution >= 4 is 11.7 Å². The molecule has 11 heteroatoms. The van der Waals surface area contributed by atoms with Crippen LogP contribution in [0.3, 0.4) is 0 Å². The summed E-state index contributed by atoms with van der Waals surface area (Å²) in [6.45, 7) is 1.29. The first-order valence-electron chi connectivity index (χ1n) is 12.5. The van der Waals surface area contributed by atoms with Crippen LogP contribution in [0.1, 0.15) is 49.2 Å². The van der Waals surface area contributed by atoms with E-state index >= 15 is 0 Å². The van der Waals surface area contributed by atoms with E-state index in [-0.39, 0.29) is 29.1 Å². The van der Waals surface area contributed by atoms with Crippen molar-refractivity contribution < 1.29 is 27.1 Å². The first-order valence-corrected chi connectivity index (χ1v) is 12.5. The molecule has 2 aliphatic heterocycles. The number of anilines is 1. The van der Waals surface area contributed by atoms with Crippen LogP contribution in [-0.4, -0.2) is 52.0 Å². The van der Waals surface area contributed by atoms with Crippen LogP contribution in [0.5, 0.6) is 5.75 Å². The lowest BCUT2D eigenvalue weighted by Gasteiger charge is -2.36. The summed E-state index contributed by atoms with van der Waals surface area (Å²) in [7, 11) is 1.74. The van der Waals surface area contributed by atoms with Crippen LogP contribution in [0.4, 0.5) is 23.4 Å². The third kappa shape index (κ3) is 4.23. The number of piperidine rings is 1. The lowest BCUT2D eigenvalue weighted by Crippen LogP contribution is -2.44. The third-order valence-electron chi connectivity index (χ3n) is 7.46. The molecule has 4 heterocycles. The molecule has 1 saturated carbocycles. The second-order valence-corrected chi connectivity index (χ2v) is 10.1. The van der Waals surface area contributed by atoms with Gasteiger partial charge in [-0.1, -0.05) is 6.07 Å². The van der Waals surface area contributed by atoms with E-state index in [2.05, 4.69) is 4.98 Å². The average molecular weight is 528 g/mol. The normalized spacial score (nSPS) is 18.7. The Labute approximate surface area is 216 Å². The number of halogens is 4. The van der Waals surface area contributed by atoms with Gasteiger partial charge in [0, 0.05) is 39.0 Å². The minimum absolute atomic E-state index is 0.00159. The number of pyridine rings is 1. The summed E-state index contributed by atoms with van der Waals surface area (Å²) < 4.78 is 60.1. The van der Waals surface area contributed by atoms with Crippen molar-refractivity contribution in [2.45, 2.75) is 50.2 Å². The lowest BCUT2D eigenvalue weighted by molar-refractivity contribution is -0.134. The molecule has 198 valence electrons. The Morgan fingerprint density at radius 2 is 1.82 bits per heavy atom. The van der Waals surface area contributed by atoms with Gasteiger partial charge >= 0.3 is 0 Å². The van der Waals surface area contributed by atoms with Gasteiger partial charge in [0.05, 0.1) is 29.0 Å². The molecule has 38 heavy (non-hydrogen) atoms. The summed E-state index contributed by atoms with van der Waals surface area (Å²) in [6, 6.07) is 7.61. The number of rotatable bonds is 5. The molecule has 6 rings (SSSR count). The fraction of sp³-hybridized carbons (Fsp3) is 0.407. The average Bonchev–Trinajstić information content (AvgIpc) is 3.71. The van der Waals surface area contributed by atoms with Gasteiger partial charge in [-0.2, -0.15) is 0 Å². The summed E-state index contributed by atoms with van der Waals surface area (Å²) in [5, 5.41) is 0. The largest absolute Gasteiger partial charge is 0.487 e. The number of alkyl halides is 2. The molecule has 1 saturated heterocycles. The molecule has 7 nitrogen and oxygen atoms in total. The Kier molecular flexibility index (Phi) is 5.96. The summed E-state index contributed by atoms with van der Waals surface area (Å²) in [5.41, 5.74) is 0.858. The molecule has 0 bridgehead atoms. The zero-order valence-corrected chi connectivity index (χ0v) is 20.6. The van der Waals surface area contributed by atoms with Gasteiger partial charge in [-0.15, -0.1) is 0 Å². The molecule has 3 aliphatic rings. The maximum Gasteiger partial charge on any atom is 0.280 e. The van der Waals surface area contributed by atoms with Crippen molar-refractivity contribution in [3.8, 4) is 17.1 Å². The van der Waals surface area contributed by atoms with Crippen molar-refractivity contribution in [2.75, 3.05) is 25.0 Å². The number of fused-ring (bicyclic) bond motifs is 2. The van der Waals surface area contributed by atoms with Crippen LogP contribution in [0, 0.1) is 11.6 Å². The monoisotopic (exact) mass is 527 g/mol. The molecule has 1 spiro atoms. The van der Waals surface area contributed by atoms with Gasteiger partial charge in [-0.3, -0.25) is 4.79 Å². The van der Waals surface area contributed by atoms with Crippen molar-refractivity contribution in [1.29, 1.82) is 0 Å². The van der Waals surface area contributed by atoms with Crippen LogP contribution >= 0.6 is 0 Å². The van der Waals surface area contributed by atoms with E-state index in [1.165, 1.54) is 18.2 Å². The maximum absolute atomic E-state index is 14.1. The fourth-order valence-electron chi connectivity index (χ4n) is 5.33. The van der Waals surface area contributed by atoms with Gasteiger partial charge in [0.1, 0.15) is 23.3 Å². The quantitative estimate of drug-likeness (QED) is 0.444. The topological polar surface area (TPSA) is 71.5 Å². The molecule has 2 aromatic heterocycles. The third-order valence-corrected chi connectivity index (χ3v) is 7.46. The number of nitrogens with zero attached hydrogens (tertiary/aromatic N) is 5. The van der Waals surface area contributed by atoms with Gasteiger partial charge in [0.2, 0.25) is 5.91 Å². The van der Waals surface area contributed by atoms with E-state index < -0.39 is 23.5 Å². The van der Waals surface area contributed by atoms with Gasteiger partial charge in [-0.05, 0) is 37.1 Å². The highest BCUT2D eigenvalue weighted by Gasteiger charge is 2.58. The van der Waals surface area contributed by atoms with Gasteiger partial charge in [0.25, 0.3) is 6.43 Å². The molecule has 3 aromatic rings. The van der Waals surface area contributed by atoms with Crippen molar-refractivity contribution in [1.82, 2.24) is 19.9 Å². The maximum atomic E-state index is 14.1. The molecule has 0 atom stereocenters. The molecule has 0 unspecified atom stereocenters. The van der Waals surface area contributed by atoms with Crippen LogP contribution in [0.25, 0.3) is 11.4 Å². The van der Waals surface area contributed by atoms with Crippen LogP contribution in [-0.2, 0) is 16.8 Å². The number of carbonyl (C=O) groups is 1. The SMILES string of the molecule is CN1Cc2nc(N3CCC(Oc4ccc(F)cc4F)CC3)c(-c3cccc(C(F)F)n3)nc2C2(CC2)C1=O. The Bertz CT molecular complexity index is 1410. The Morgan fingerprint density at radius 3 is 2.50 bits per heavy atom. The van der Waals surface area contributed by atoms with Crippen molar-refractivity contribution in [3.05, 3.63) is 65.1 Å². The predicted octanol–water partition coefficient (Wildman–Crippen LogP) is 4.81. The summed E-state index contributed by atoms with van der Waals surface area (Å²) >= 11 is 0. The molecule has 0 radical (unpaired) electrons. The summed E-state index contributed by atoms with van der Waals surface area (Å²) in [5.74, 6) is -0.929. The van der Waals surface area contributed by atoms with Gasteiger partial charge in [-0.25, -0.2) is 32.5 Å². The molecule has 2 fully saturated rings. The van der Waals surface area contributed by atoms with E-state index in [0.717, 1.165) is 12.1 Å². The van der Waals surface area contributed by atoms with Crippen molar-refractivity contribution in [2.24, 2.45) is 0 Å². The zero-order chi connectivity index (χ0) is 26.6. The van der Waals surface area contributed by atoms with E-state index in [1.54, 1.807) is 18.0 Å². The highest BCUT2D eigenvalue weighted by atomic mass is 19.3. The minimum atomic E-state index is -2.74. The second-order valence-electron chi connectivity index (χ2n) is 10.1. The fourth-order valence-corrected chi connectivity index (χ4v) is 5.33. The molecule has 0 N–H and O–H groups in total. The smallest absolute Gasteiger partial charge is 0.280 e. The highest BCUT2D eigenvalue weighted by molar-refractivity contribution is 5.92. The van der Waals surface area contributed by atoms with E-state index in [4.69, 9.17) is 14.7 Å². The molecule has 1 amide bonds. The van der Waals surface area contributed by atoms with Crippen LogP contribution in [0.15, 0.2) is 36.4 Å². The molecular weight excluding hydrogens is 502 g/mol. The first kappa shape index (κ1) is 24.6. The number of aromatic nitrogens is 3. The predicted molar refractivity (Wildman–Crippen MR) is 130 cm³/mol. The van der Waals surface area contributed by atoms with Gasteiger partial charge in [0.15, 0.2) is 17.4 Å². The Morgan fingerprint density at radius 1 is 1.05 bits per heavy atom. The standard InChI is InChI=1S/C27H25F4N5O2/c1-35-14-20-23(27(9-10-27)26(35)37)34-22(18-3-2-4-19(32-18)24(30)31)25(33-20)36-11-7-16(8-12-36)38-21-6-5-15(28)13-17(21)29/h2-6,13,16,24H,7-12,14H2,1H3. The minimum Gasteiger partial charge on any atom is -0.487 e. The van der Waals surface area contributed by atoms with Crippen molar-refractivity contribution in [3.63, 3.8) is 0 Å². The van der Waals surface area contributed by atoms with Crippen LogP contribution < -0.4 is 9.64 Å². The number of carbonyl (C=O) groups excluding carboxylic acids is 1. The number of likely N-dealkylation sites (N-methyl/N-ethyl adjacent to an activating group) is 1. The van der Waals surface area contributed by atoms with Crippen LogP contribution in [0.2, 0.25) is 0 Å². The Balaban J connectivity index is 1.33. The molecular formula is C27H25F4N5O2. The second kappa shape index (κ2) is 9.21. The van der Waals surface area contributed by atoms with E-state index in [0.29, 0.717) is 68.2 Å². The summed E-state index contributed by atoms with van der Waals surface area (Å²) in [4.78, 5) is 30.6. The van der Waals surface area contributed by atoms with E-state index in [1.807, 2.05) is 4.90 Å². The number of ether oxygens (including phenoxy) is 1.